The first-order chi connectivity index (χ1) is 8.15. The van der Waals surface area contributed by atoms with E-state index in [1.54, 1.807) is 0 Å². The van der Waals surface area contributed by atoms with Crippen LogP contribution in [0.4, 0.5) is 0 Å². The summed E-state index contributed by atoms with van der Waals surface area (Å²) in [6.07, 6.45) is 7.41. The molecule has 3 heteroatoms. The van der Waals surface area contributed by atoms with Crippen LogP contribution < -0.4 is 11.1 Å². The van der Waals surface area contributed by atoms with Crippen LogP contribution in [0.15, 0.2) is 0 Å². The van der Waals surface area contributed by atoms with Gasteiger partial charge in [0.15, 0.2) is 0 Å². The first kappa shape index (κ1) is 14.5. The largest absolute Gasteiger partial charge is 0.353 e. The fourth-order valence-corrected chi connectivity index (χ4v) is 2.76. The lowest BCUT2D eigenvalue weighted by Gasteiger charge is -2.15. The molecule has 3 nitrogen and oxygen atoms in total. The highest BCUT2D eigenvalue weighted by Gasteiger charge is 2.22. The van der Waals surface area contributed by atoms with Gasteiger partial charge in [-0.2, -0.15) is 0 Å². The number of carbonyl (C=O) groups is 1. The van der Waals surface area contributed by atoms with Gasteiger partial charge in [0.05, 0.1) is 0 Å². The zero-order chi connectivity index (χ0) is 12.7. The number of nitrogens with two attached hydrogens (primary N) is 1. The van der Waals surface area contributed by atoms with E-state index in [9.17, 15) is 4.79 Å². The van der Waals surface area contributed by atoms with Crippen LogP contribution in [0.1, 0.15) is 58.8 Å². The molecule has 1 amide bonds. The third kappa shape index (κ3) is 5.53. The molecule has 0 aromatic carbocycles. The summed E-state index contributed by atoms with van der Waals surface area (Å²) in [6.45, 7) is 5.18. The summed E-state index contributed by atoms with van der Waals surface area (Å²) >= 11 is 0. The molecule has 0 bridgehead atoms. The fourth-order valence-electron chi connectivity index (χ4n) is 2.76. The van der Waals surface area contributed by atoms with Crippen LogP contribution >= 0.6 is 0 Å². The van der Waals surface area contributed by atoms with Crippen LogP contribution in [0.2, 0.25) is 0 Å². The molecule has 3 atom stereocenters. The summed E-state index contributed by atoms with van der Waals surface area (Å²) in [4.78, 5) is 11.8. The monoisotopic (exact) mass is 240 g/mol. The summed E-state index contributed by atoms with van der Waals surface area (Å²) in [6, 6.07) is 0.437. The van der Waals surface area contributed by atoms with Gasteiger partial charge in [-0.25, -0.2) is 0 Å². The molecule has 0 aliphatic heterocycles. The molecule has 1 saturated carbocycles. The van der Waals surface area contributed by atoms with Gasteiger partial charge in [0.2, 0.25) is 5.91 Å². The molecule has 0 heterocycles. The van der Waals surface area contributed by atoms with Crippen LogP contribution in [-0.4, -0.2) is 18.5 Å². The minimum atomic E-state index is 0.236. The average Bonchev–Trinajstić information content (AvgIpc) is 2.70. The van der Waals surface area contributed by atoms with E-state index in [2.05, 4.69) is 19.2 Å². The Kier molecular flexibility index (Phi) is 6.56. The van der Waals surface area contributed by atoms with Crippen molar-refractivity contribution in [2.75, 3.05) is 6.54 Å². The normalized spacial score (nSPS) is 25.8. The average molecular weight is 240 g/mol. The Morgan fingerprint density at radius 1 is 1.41 bits per heavy atom. The molecule has 0 radical (unpaired) electrons. The maximum atomic E-state index is 11.8. The predicted octanol–water partition coefficient (Wildman–Crippen LogP) is 2.45. The SMILES string of the molecule is CCC(CCN)CCC(=O)NC1CCC(C)C1. The zero-order valence-corrected chi connectivity index (χ0v) is 11.4. The summed E-state index contributed by atoms with van der Waals surface area (Å²) < 4.78 is 0. The molecule has 1 aliphatic rings. The van der Waals surface area contributed by atoms with Gasteiger partial charge >= 0.3 is 0 Å². The highest BCUT2D eigenvalue weighted by atomic mass is 16.1. The van der Waals surface area contributed by atoms with Crippen molar-refractivity contribution in [2.24, 2.45) is 17.6 Å². The molecule has 3 N–H and O–H groups in total. The maximum absolute atomic E-state index is 11.8. The fraction of sp³-hybridized carbons (Fsp3) is 0.929. The quantitative estimate of drug-likeness (QED) is 0.718. The zero-order valence-electron chi connectivity index (χ0n) is 11.4. The Hall–Kier alpha value is -0.570. The van der Waals surface area contributed by atoms with Gasteiger partial charge in [-0.05, 0) is 50.5 Å². The number of carbonyl (C=O) groups excluding carboxylic acids is 1. The Balaban J connectivity index is 2.16. The van der Waals surface area contributed by atoms with Crippen LogP contribution in [0.25, 0.3) is 0 Å². The second-order valence-electron chi connectivity index (χ2n) is 5.57. The van der Waals surface area contributed by atoms with Gasteiger partial charge in [-0.1, -0.05) is 20.3 Å². The second kappa shape index (κ2) is 7.70. The van der Waals surface area contributed by atoms with E-state index in [4.69, 9.17) is 5.73 Å². The molecule has 17 heavy (non-hydrogen) atoms. The second-order valence-corrected chi connectivity index (χ2v) is 5.57. The third-order valence-corrected chi connectivity index (χ3v) is 3.99. The van der Waals surface area contributed by atoms with E-state index < -0.39 is 0 Å². The first-order valence-electron chi connectivity index (χ1n) is 7.15. The smallest absolute Gasteiger partial charge is 0.220 e. The molecule has 100 valence electrons. The molecular formula is C14H28N2O. The van der Waals surface area contributed by atoms with Crippen LogP contribution in [-0.2, 0) is 4.79 Å². The topological polar surface area (TPSA) is 55.1 Å². The van der Waals surface area contributed by atoms with Crippen molar-refractivity contribution >= 4 is 5.91 Å². The third-order valence-electron chi connectivity index (χ3n) is 3.99. The number of amides is 1. The molecule has 0 spiro atoms. The molecule has 0 saturated heterocycles. The molecule has 1 fully saturated rings. The Morgan fingerprint density at radius 2 is 2.18 bits per heavy atom. The van der Waals surface area contributed by atoms with Crippen LogP contribution in [0.5, 0.6) is 0 Å². The lowest BCUT2D eigenvalue weighted by atomic mass is 9.96. The van der Waals surface area contributed by atoms with E-state index in [1.807, 2.05) is 0 Å². The van der Waals surface area contributed by atoms with E-state index in [0.29, 0.717) is 18.4 Å². The van der Waals surface area contributed by atoms with Gasteiger partial charge in [0.1, 0.15) is 0 Å². The molecule has 1 aliphatic carbocycles. The van der Waals surface area contributed by atoms with E-state index >= 15 is 0 Å². The van der Waals surface area contributed by atoms with E-state index in [-0.39, 0.29) is 5.91 Å². The van der Waals surface area contributed by atoms with Crippen molar-refractivity contribution in [3.63, 3.8) is 0 Å². The summed E-state index contributed by atoms with van der Waals surface area (Å²) in [7, 11) is 0. The molecule has 0 aromatic heterocycles. The van der Waals surface area contributed by atoms with Crippen LogP contribution in [0.3, 0.4) is 0 Å². The van der Waals surface area contributed by atoms with Crippen molar-refractivity contribution in [1.82, 2.24) is 5.32 Å². The number of hydrogen-bond acceptors (Lipinski definition) is 2. The van der Waals surface area contributed by atoms with E-state index in [1.165, 1.54) is 6.42 Å². The summed E-state index contributed by atoms with van der Waals surface area (Å²) in [5, 5.41) is 3.16. The number of rotatable bonds is 7. The highest BCUT2D eigenvalue weighted by molar-refractivity contribution is 5.76. The lowest BCUT2D eigenvalue weighted by Crippen LogP contribution is -2.33. The van der Waals surface area contributed by atoms with Gasteiger partial charge in [-0.3, -0.25) is 4.79 Å². The predicted molar refractivity (Wildman–Crippen MR) is 71.6 cm³/mol. The van der Waals surface area contributed by atoms with Gasteiger partial charge in [0.25, 0.3) is 0 Å². The molecule has 3 unspecified atom stereocenters. The molecule has 0 aromatic rings. The maximum Gasteiger partial charge on any atom is 0.220 e. The highest BCUT2D eigenvalue weighted by Crippen LogP contribution is 2.24. The minimum absolute atomic E-state index is 0.236. The van der Waals surface area contributed by atoms with Crippen molar-refractivity contribution in [2.45, 2.75) is 64.8 Å². The molecular weight excluding hydrogens is 212 g/mol. The van der Waals surface area contributed by atoms with Crippen molar-refractivity contribution in [1.29, 1.82) is 0 Å². The van der Waals surface area contributed by atoms with Crippen molar-refractivity contribution < 1.29 is 4.79 Å². The van der Waals surface area contributed by atoms with Gasteiger partial charge < -0.3 is 11.1 Å². The van der Waals surface area contributed by atoms with Gasteiger partial charge in [0, 0.05) is 12.5 Å². The number of hydrogen-bond donors (Lipinski definition) is 2. The Labute approximate surface area is 106 Å². The summed E-state index contributed by atoms with van der Waals surface area (Å²) in [5.74, 6) is 1.63. The lowest BCUT2D eigenvalue weighted by molar-refractivity contribution is -0.122. The minimum Gasteiger partial charge on any atom is -0.353 e. The number of nitrogens with one attached hydrogen (secondary N) is 1. The Morgan fingerprint density at radius 3 is 2.71 bits per heavy atom. The van der Waals surface area contributed by atoms with Crippen molar-refractivity contribution in [3.05, 3.63) is 0 Å². The van der Waals surface area contributed by atoms with Crippen LogP contribution in [0, 0.1) is 11.8 Å². The van der Waals surface area contributed by atoms with Crippen molar-refractivity contribution in [3.8, 4) is 0 Å². The first-order valence-corrected chi connectivity index (χ1v) is 7.15. The molecule has 1 rings (SSSR count). The Bertz CT molecular complexity index is 230. The van der Waals surface area contributed by atoms with Gasteiger partial charge in [-0.15, -0.1) is 0 Å². The standard InChI is InChI=1S/C14H28N2O/c1-3-12(8-9-15)5-7-14(17)16-13-6-4-11(2)10-13/h11-13H,3-10,15H2,1-2H3,(H,16,17). The summed E-state index contributed by atoms with van der Waals surface area (Å²) in [5.41, 5.74) is 5.56. The van der Waals surface area contributed by atoms with E-state index in [0.717, 1.165) is 44.6 Å².